The topological polar surface area (TPSA) is 74.3 Å². The molecular formula is C30H28FNO6. The molecular weight excluding hydrogens is 489 g/mol. The molecule has 1 fully saturated rings. The Morgan fingerprint density at radius 2 is 2.00 bits per heavy atom. The lowest BCUT2D eigenvalue weighted by Gasteiger charge is -2.18. The molecule has 38 heavy (non-hydrogen) atoms. The fourth-order valence-corrected chi connectivity index (χ4v) is 5.57. The molecule has 1 unspecified atom stereocenters. The lowest BCUT2D eigenvalue weighted by atomic mass is 9.98. The molecule has 3 aromatic carbocycles. The van der Waals surface area contributed by atoms with E-state index in [1.807, 2.05) is 36.4 Å². The predicted octanol–water partition coefficient (Wildman–Crippen LogP) is 5.85. The second kappa shape index (κ2) is 10.0. The lowest BCUT2D eigenvalue weighted by Crippen LogP contribution is -2.23. The molecule has 0 bridgehead atoms. The third-order valence-electron chi connectivity index (χ3n) is 7.45. The summed E-state index contributed by atoms with van der Waals surface area (Å²) in [5, 5.41) is 0. The van der Waals surface area contributed by atoms with E-state index in [1.165, 1.54) is 13.2 Å². The molecule has 7 nitrogen and oxygen atoms in total. The van der Waals surface area contributed by atoms with Gasteiger partial charge in [-0.05, 0) is 49.6 Å². The zero-order valence-electron chi connectivity index (χ0n) is 21.1. The van der Waals surface area contributed by atoms with Gasteiger partial charge in [0.1, 0.15) is 34.9 Å². The maximum absolute atomic E-state index is 15.1. The van der Waals surface area contributed by atoms with Crippen molar-refractivity contribution in [2.24, 2.45) is 0 Å². The summed E-state index contributed by atoms with van der Waals surface area (Å²) in [5.74, 6) is 1.87. The summed E-state index contributed by atoms with van der Waals surface area (Å²) in [4.78, 5) is 25.6. The molecule has 1 saturated heterocycles. The number of anilines is 1. The van der Waals surface area contributed by atoms with E-state index in [2.05, 4.69) is 0 Å². The Labute approximate surface area is 220 Å². The number of esters is 1. The van der Waals surface area contributed by atoms with Crippen LogP contribution in [0.1, 0.15) is 54.4 Å². The van der Waals surface area contributed by atoms with Gasteiger partial charge in [0.2, 0.25) is 5.91 Å². The van der Waals surface area contributed by atoms with E-state index >= 15 is 4.39 Å². The van der Waals surface area contributed by atoms with Crippen LogP contribution in [0.3, 0.4) is 0 Å². The SMILES string of the molecule is COC(=O)CC1COc2cc(O[C@@H]3CCc4c(Oc5cccc(N6CCCC6=O)c5)ccc(F)c43)ccc21. The van der Waals surface area contributed by atoms with Gasteiger partial charge in [-0.1, -0.05) is 12.1 Å². The van der Waals surface area contributed by atoms with E-state index in [1.54, 1.807) is 17.0 Å². The van der Waals surface area contributed by atoms with Crippen LogP contribution in [0.5, 0.6) is 23.0 Å². The Hall–Kier alpha value is -4.07. The number of carbonyl (C=O) groups excluding carboxylic acids is 2. The fraction of sp³-hybridized carbons (Fsp3) is 0.333. The molecule has 2 heterocycles. The van der Waals surface area contributed by atoms with E-state index in [-0.39, 0.29) is 30.0 Å². The summed E-state index contributed by atoms with van der Waals surface area (Å²) in [5.41, 5.74) is 3.03. The number of hydrogen-bond acceptors (Lipinski definition) is 6. The number of methoxy groups -OCH3 is 1. The average molecular weight is 518 g/mol. The minimum atomic E-state index is -0.465. The van der Waals surface area contributed by atoms with Crippen molar-refractivity contribution in [3.63, 3.8) is 0 Å². The predicted molar refractivity (Wildman–Crippen MR) is 138 cm³/mol. The first-order valence-electron chi connectivity index (χ1n) is 12.9. The number of carbonyl (C=O) groups is 2. The zero-order valence-corrected chi connectivity index (χ0v) is 21.1. The highest BCUT2D eigenvalue weighted by Crippen LogP contribution is 2.44. The van der Waals surface area contributed by atoms with Gasteiger partial charge in [0, 0.05) is 53.4 Å². The van der Waals surface area contributed by atoms with E-state index in [9.17, 15) is 9.59 Å². The van der Waals surface area contributed by atoms with Gasteiger partial charge in [-0.15, -0.1) is 0 Å². The van der Waals surface area contributed by atoms with E-state index in [0.29, 0.717) is 61.0 Å². The fourth-order valence-electron chi connectivity index (χ4n) is 5.57. The molecule has 0 N–H and O–H groups in total. The monoisotopic (exact) mass is 517 g/mol. The van der Waals surface area contributed by atoms with Gasteiger partial charge in [-0.3, -0.25) is 9.59 Å². The number of amides is 1. The molecule has 1 amide bonds. The molecule has 0 radical (unpaired) electrons. The molecule has 1 aliphatic carbocycles. The highest BCUT2D eigenvalue weighted by atomic mass is 19.1. The maximum Gasteiger partial charge on any atom is 0.306 e. The molecule has 2 atom stereocenters. The standard InChI is InChI=1S/C30H28FNO6/c1-35-29(34)14-18-17-36-27-16-21(7-8-22(18)27)38-26-11-9-23-25(12-10-24(31)30(23)26)37-20-5-2-4-19(15-20)32-13-3-6-28(32)33/h2,4-5,7-8,10,12,15-16,18,26H,3,6,9,11,13-14,17H2,1H3/t18?,26-/m1/s1. The lowest BCUT2D eigenvalue weighted by molar-refractivity contribution is -0.141. The molecule has 8 heteroatoms. The van der Waals surface area contributed by atoms with Crippen molar-refractivity contribution in [3.8, 4) is 23.0 Å². The van der Waals surface area contributed by atoms with Crippen LogP contribution in [0.15, 0.2) is 54.6 Å². The number of benzene rings is 3. The van der Waals surface area contributed by atoms with Gasteiger partial charge in [-0.25, -0.2) is 4.39 Å². The first-order valence-corrected chi connectivity index (χ1v) is 12.9. The number of ether oxygens (including phenoxy) is 4. The minimum absolute atomic E-state index is 0.0575. The number of halogens is 1. The number of hydrogen-bond donors (Lipinski definition) is 0. The van der Waals surface area contributed by atoms with Crippen molar-refractivity contribution >= 4 is 17.6 Å². The zero-order chi connectivity index (χ0) is 26.2. The van der Waals surface area contributed by atoms with Gasteiger partial charge < -0.3 is 23.8 Å². The summed E-state index contributed by atoms with van der Waals surface area (Å²) in [6.45, 7) is 1.11. The minimum Gasteiger partial charge on any atom is -0.492 e. The normalized spacial score (nSPS) is 19.6. The van der Waals surface area contributed by atoms with Gasteiger partial charge in [0.15, 0.2) is 0 Å². The Balaban J connectivity index is 1.20. The molecule has 3 aromatic rings. The van der Waals surface area contributed by atoms with Crippen molar-refractivity contribution in [3.05, 3.63) is 77.1 Å². The highest BCUT2D eigenvalue weighted by Gasteiger charge is 2.32. The van der Waals surface area contributed by atoms with Crippen LogP contribution < -0.4 is 19.1 Å². The van der Waals surface area contributed by atoms with Gasteiger partial charge in [0.25, 0.3) is 0 Å². The molecule has 196 valence electrons. The largest absolute Gasteiger partial charge is 0.492 e. The molecule has 0 aromatic heterocycles. The average Bonchev–Trinajstić information content (AvgIpc) is 3.65. The van der Waals surface area contributed by atoms with Crippen LogP contribution >= 0.6 is 0 Å². The van der Waals surface area contributed by atoms with Crippen LogP contribution in [0.2, 0.25) is 0 Å². The quantitative estimate of drug-likeness (QED) is 0.366. The second-order valence-electron chi connectivity index (χ2n) is 9.82. The van der Waals surface area contributed by atoms with E-state index < -0.39 is 6.10 Å². The van der Waals surface area contributed by atoms with Crippen molar-refractivity contribution in [1.29, 1.82) is 0 Å². The van der Waals surface area contributed by atoms with E-state index in [4.69, 9.17) is 18.9 Å². The molecule has 0 spiro atoms. The third-order valence-corrected chi connectivity index (χ3v) is 7.45. The van der Waals surface area contributed by atoms with Crippen molar-refractivity contribution in [1.82, 2.24) is 0 Å². The Kier molecular flexibility index (Phi) is 6.39. The van der Waals surface area contributed by atoms with Crippen LogP contribution in [0, 0.1) is 5.82 Å². The smallest absolute Gasteiger partial charge is 0.306 e. The van der Waals surface area contributed by atoms with Gasteiger partial charge in [0.05, 0.1) is 20.1 Å². The van der Waals surface area contributed by atoms with Crippen LogP contribution in [-0.2, 0) is 20.7 Å². The Bertz CT molecular complexity index is 1410. The Morgan fingerprint density at radius 3 is 2.82 bits per heavy atom. The Morgan fingerprint density at radius 1 is 1.11 bits per heavy atom. The first-order chi connectivity index (χ1) is 18.5. The third kappa shape index (κ3) is 4.55. The molecule has 2 aliphatic heterocycles. The van der Waals surface area contributed by atoms with Crippen LogP contribution in [0.25, 0.3) is 0 Å². The molecule has 0 saturated carbocycles. The summed E-state index contributed by atoms with van der Waals surface area (Å²) in [6.07, 6.45) is 2.42. The van der Waals surface area contributed by atoms with Crippen molar-refractivity contribution < 1.29 is 32.9 Å². The number of fused-ring (bicyclic) bond motifs is 2. The van der Waals surface area contributed by atoms with Crippen LogP contribution in [-0.4, -0.2) is 32.1 Å². The summed E-state index contributed by atoms with van der Waals surface area (Å²) in [7, 11) is 1.37. The van der Waals surface area contributed by atoms with Gasteiger partial charge >= 0.3 is 5.97 Å². The molecule has 6 rings (SSSR count). The first kappa shape index (κ1) is 24.3. The number of nitrogens with zero attached hydrogens (tertiary/aromatic N) is 1. The number of rotatable bonds is 7. The van der Waals surface area contributed by atoms with Crippen molar-refractivity contribution in [2.75, 3.05) is 25.2 Å². The molecule has 3 aliphatic rings. The highest BCUT2D eigenvalue weighted by molar-refractivity contribution is 5.95. The maximum atomic E-state index is 15.1. The second-order valence-corrected chi connectivity index (χ2v) is 9.82. The van der Waals surface area contributed by atoms with Crippen molar-refractivity contribution in [2.45, 2.75) is 44.1 Å². The van der Waals surface area contributed by atoms with E-state index in [0.717, 1.165) is 23.2 Å². The van der Waals surface area contributed by atoms with Gasteiger partial charge in [-0.2, -0.15) is 0 Å². The summed E-state index contributed by atoms with van der Waals surface area (Å²) >= 11 is 0. The summed E-state index contributed by atoms with van der Waals surface area (Å²) in [6, 6.07) is 16.0. The summed E-state index contributed by atoms with van der Waals surface area (Å²) < 4.78 is 38.1. The van der Waals surface area contributed by atoms with Crippen LogP contribution in [0.4, 0.5) is 10.1 Å².